The molecule has 3 nitrogen and oxygen atoms in total. The van der Waals surface area contributed by atoms with Crippen LogP contribution in [0, 0.1) is 6.92 Å². The fourth-order valence-electron chi connectivity index (χ4n) is 3.52. The van der Waals surface area contributed by atoms with E-state index in [1.165, 1.54) is 15.7 Å². The highest BCUT2D eigenvalue weighted by molar-refractivity contribution is 9.10. The van der Waals surface area contributed by atoms with E-state index in [1.54, 1.807) is 11.8 Å². The maximum atomic E-state index is 4.86. The maximum Gasteiger partial charge on any atom is 0.114 e. The van der Waals surface area contributed by atoms with Crippen LogP contribution in [-0.4, -0.2) is 16.0 Å². The molecule has 0 saturated carbocycles. The highest BCUT2D eigenvalue weighted by Crippen LogP contribution is 2.35. The molecule has 0 aliphatic heterocycles. The van der Waals surface area contributed by atoms with Gasteiger partial charge in [-0.15, -0.1) is 0 Å². The Morgan fingerprint density at radius 2 is 1.56 bits per heavy atom. The van der Waals surface area contributed by atoms with Crippen molar-refractivity contribution < 1.29 is 0 Å². The Bertz CT molecular complexity index is 1410. The average Bonchev–Trinajstić information content (AvgIpc) is 3.14. The molecule has 0 aliphatic carbocycles. The van der Waals surface area contributed by atoms with Crippen LogP contribution in [0.3, 0.4) is 0 Å². The number of nitrogens with zero attached hydrogens (tertiary/aromatic N) is 3. The normalized spacial score (nSPS) is 11.4. The van der Waals surface area contributed by atoms with E-state index in [0.717, 1.165) is 32.1 Å². The van der Waals surface area contributed by atoms with Gasteiger partial charge in [0.15, 0.2) is 0 Å². The SMILES string of the molecule is Cc1nn(-c2ccccc2)c(Sc2ccc3ccccc3c2)c1C=Nc1ccc(Br)cc1. The number of halogens is 1. The van der Waals surface area contributed by atoms with Crippen molar-refractivity contribution in [3.05, 3.63) is 113 Å². The minimum atomic E-state index is 0.904. The van der Waals surface area contributed by atoms with Crippen LogP contribution in [0.1, 0.15) is 11.3 Å². The van der Waals surface area contributed by atoms with Gasteiger partial charge in [0.2, 0.25) is 0 Å². The lowest BCUT2D eigenvalue weighted by atomic mass is 10.1. The summed E-state index contributed by atoms with van der Waals surface area (Å²) in [6.45, 7) is 2.03. The van der Waals surface area contributed by atoms with Gasteiger partial charge in [-0.2, -0.15) is 5.10 Å². The van der Waals surface area contributed by atoms with E-state index in [0.29, 0.717) is 0 Å². The molecule has 0 saturated heterocycles. The summed E-state index contributed by atoms with van der Waals surface area (Å²) >= 11 is 5.19. The van der Waals surface area contributed by atoms with Crippen molar-refractivity contribution in [1.82, 2.24) is 9.78 Å². The number of para-hydroxylation sites is 1. The van der Waals surface area contributed by atoms with Gasteiger partial charge in [0, 0.05) is 21.1 Å². The van der Waals surface area contributed by atoms with E-state index in [2.05, 4.69) is 70.5 Å². The molecule has 4 aromatic carbocycles. The lowest BCUT2D eigenvalue weighted by Gasteiger charge is -2.09. The predicted octanol–water partition coefficient (Wildman–Crippen LogP) is 8.00. The molecule has 0 bridgehead atoms. The predicted molar refractivity (Wildman–Crippen MR) is 138 cm³/mol. The maximum absolute atomic E-state index is 4.86. The Morgan fingerprint density at radius 1 is 0.844 bits per heavy atom. The molecular weight excluding hydrogens is 478 g/mol. The van der Waals surface area contributed by atoms with Gasteiger partial charge in [0.25, 0.3) is 0 Å². The Hall–Kier alpha value is -3.15. The smallest absolute Gasteiger partial charge is 0.114 e. The Labute approximate surface area is 200 Å². The van der Waals surface area contributed by atoms with Crippen LogP contribution in [-0.2, 0) is 0 Å². The zero-order valence-electron chi connectivity index (χ0n) is 17.4. The third-order valence-electron chi connectivity index (χ3n) is 5.17. The molecule has 1 aromatic heterocycles. The Kier molecular flexibility index (Phi) is 5.93. The molecule has 1 heterocycles. The van der Waals surface area contributed by atoms with Crippen molar-refractivity contribution in [2.45, 2.75) is 16.8 Å². The fourth-order valence-corrected chi connectivity index (χ4v) is 4.87. The number of fused-ring (bicyclic) bond motifs is 1. The largest absolute Gasteiger partial charge is 0.256 e. The van der Waals surface area contributed by atoms with E-state index < -0.39 is 0 Å². The van der Waals surface area contributed by atoms with Crippen molar-refractivity contribution in [1.29, 1.82) is 0 Å². The van der Waals surface area contributed by atoms with Crippen molar-refractivity contribution in [2.24, 2.45) is 4.99 Å². The van der Waals surface area contributed by atoms with Gasteiger partial charge >= 0.3 is 0 Å². The average molecular weight is 498 g/mol. The fraction of sp³-hybridized carbons (Fsp3) is 0.0370. The highest BCUT2D eigenvalue weighted by Gasteiger charge is 2.17. The molecule has 0 N–H and O–H groups in total. The molecule has 5 rings (SSSR count). The van der Waals surface area contributed by atoms with Crippen LogP contribution in [0.2, 0.25) is 0 Å². The summed E-state index contributed by atoms with van der Waals surface area (Å²) in [6, 6.07) is 33.2. The number of aryl methyl sites for hydroxylation is 1. The summed E-state index contributed by atoms with van der Waals surface area (Å²) in [7, 11) is 0. The number of hydrogen-bond donors (Lipinski definition) is 0. The van der Waals surface area contributed by atoms with E-state index in [-0.39, 0.29) is 0 Å². The minimum Gasteiger partial charge on any atom is -0.256 e. The molecule has 0 unspecified atom stereocenters. The van der Waals surface area contributed by atoms with Gasteiger partial charge < -0.3 is 0 Å². The first kappa shape index (κ1) is 20.7. The molecule has 5 heteroatoms. The lowest BCUT2D eigenvalue weighted by Crippen LogP contribution is -1.98. The first-order chi connectivity index (χ1) is 15.7. The molecule has 156 valence electrons. The Balaban J connectivity index is 1.59. The second-order valence-corrected chi connectivity index (χ2v) is 9.38. The zero-order valence-corrected chi connectivity index (χ0v) is 19.8. The summed E-state index contributed by atoms with van der Waals surface area (Å²) in [5.41, 5.74) is 3.90. The van der Waals surface area contributed by atoms with Crippen LogP contribution < -0.4 is 0 Å². The zero-order chi connectivity index (χ0) is 21.9. The summed E-state index contributed by atoms with van der Waals surface area (Å²) < 4.78 is 3.05. The third-order valence-corrected chi connectivity index (χ3v) is 6.77. The summed E-state index contributed by atoms with van der Waals surface area (Å²) in [5.74, 6) is 0. The molecule has 0 aliphatic rings. The van der Waals surface area contributed by atoms with E-state index in [9.17, 15) is 0 Å². The van der Waals surface area contributed by atoms with Crippen LogP contribution in [0.5, 0.6) is 0 Å². The monoisotopic (exact) mass is 497 g/mol. The van der Waals surface area contributed by atoms with Gasteiger partial charge in [0.05, 0.1) is 17.1 Å². The van der Waals surface area contributed by atoms with Gasteiger partial charge in [-0.25, -0.2) is 4.68 Å². The summed E-state index contributed by atoms with van der Waals surface area (Å²) in [4.78, 5) is 5.89. The van der Waals surface area contributed by atoms with Gasteiger partial charge in [-0.1, -0.05) is 76.2 Å². The van der Waals surface area contributed by atoms with Crippen molar-refractivity contribution >= 4 is 50.4 Å². The lowest BCUT2D eigenvalue weighted by molar-refractivity contribution is 0.793. The van der Waals surface area contributed by atoms with Crippen molar-refractivity contribution in [3.8, 4) is 5.69 Å². The van der Waals surface area contributed by atoms with Crippen molar-refractivity contribution in [2.75, 3.05) is 0 Å². The number of rotatable bonds is 5. The van der Waals surface area contributed by atoms with Crippen LogP contribution in [0.25, 0.3) is 16.5 Å². The Morgan fingerprint density at radius 3 is 2.34 bits per heavy atom. The number of aromatic nitrogens is 2. The van der Waals surface area contributed by atoms with E-state index in [1.807, 2.05) is 60.3 Å². The van der Waals surface area contributed by atoms with Crippen LogP contribution >= 0.6 is 27.7 Å². The summed E-state index contributed by atoms with van der Waals surface area (Å²) in [5, 5.41) is 8.37. The molecule has 0 radical (unpaired) electrons. The topological polar surface area (TPSA) is 30.2 Å². The second kappa shape index (κ2) is 9.15. The number of hydrogen-bond acceptors (Lipinski definition) is 3. The number of benzene rings is 4. The first-order valence-electron chi connectivity index (χ1n) is 10.3. The second-order valence-electron chi connectivity index (χ2n) is 7.40. The molecule has 32 heavy (non-hydrogen) atoms. The highest BCUT2D eigenvalue weighted by atomic mass is 79.9. The van der Waals surface area contributed by atoms with Crippen LogP contribution in [0.15, 0.2) is 116 Å². The minimum absolute atomic E-state index is 0.904. The summed E-state index contributed by atoms with van der Waals surface area (Å²) in [6.07, 6.45) is 1.92. The van der Waals surface area contributed by atoms with E-state index in [4.69, 9.17) is 10.1 Å². The molecule has 0 atom stereocenters. The quantitative estimate of drug-likeness (QED) is 0.230. The molecule has 0 amide bonds. The van der Waals surface area contributed by atoms with Gasteiger partial charge in [-0.05, 0) is 66.2 Å². The molecule has 0 spiro atoms. The van der Waals surface area contributed by atoms with Crippen LogP contribution in [0.4, 0.5) is 5.69 Å². The van der Waals surface area contributed by atoms with Gasteiger partial charge in [0.1, 0.15) is 5.03 Å². The van der Waals surface area contributed by atoms with Gasteiger partial charge in [-0.3, -0.25) is 4.99 Å². The molecular formula is C27H20BrN3S. The number of aliphatic imine (C=N–C) groups is 1. The third kappa shape index (κ3) is 4.40. The first-order valence-corrected chi connectivity index (χ1v) is 11.9. The van der Waals surface area contributed by atoms with E-state index >= 15 is 0 Å². The molecule has 5 aromatic rings. The standard InChI is InChI=1S/C27H20BrN3S/c1-19-26(18-29-23-14-12-22(28)13-15-23)27(31(30-19)24-9-3-2-4-10-24)32-25-16-11-20-7-5-6-8-21(20)17-25/h2-18H,1H3. The van der Waals surface area contributed by atoms with Crippen molar-refractivity contribution in [3.63, 3.8) is 0 Å². The molecule has 0 fully saturated rings.